The number of hydrogen-bond donors (Lipinski definition) is 0. The van der Waals surface area contributed by atoms with E-state index in [1.807, 2.05) is 0 Å². The van der Waals surface area contributed by atoms with Gasteiger partial charge in [-0.1, -0.05) is 78.5 Å². The van der Waals surface area contributed by atoms with E-state index in [0.717, 1.165) is 18.7 Å². The summed E-state index contributed by atoms with van der Waals surface area (Å²) in [4.78, 5) is 8.86. The van der Waals surface area contributed by atoms with Crippen molar-refractivity contribution >= 4 is 19.3 Å². The molecule has 0 saturated heterocycles. The molecule has 0 N–H and O–H groups in total. The monoisotopic (exact) mass is 286 g/mol. The number of amidine groups is 1. The molecule has 2 nitrogen and oxygen atoms in total. The molecule has 0 aliphatic heterocycles. The molecule has 1 atom stereocenters. The van der Waals surface area contributed by atoms with Crippen LogP contribution in [0.1, 0.15) is 72.1 Å². The first-order valence-corrected chi connectivity index (χ1v) is 8.19. The van der Waals surface area contributed by atoms with Crippen LogP contribution in [-0.2, 0) is 0 Å². The van der Waals surface area contributed by atoms with E-state index in [9.17, 15) is 0 Å². The van der Waals surface area contributed by atoms with Crippen LogP contribution in [0.2, 0.25) is 0 Å². The van der Waals surface area contributed by atoms with Gasteiger partial charge in [0.25, 0.3) is 0 Å². The summed E-state index contributed by atoms with van der Waals surface area (Å²) in [6.07, 6.45) is 12.6. The number of aliphatic imine (C=N–C) groups is 2. The van der Waals surface area contributed by atoms with Crippen LogP contribution >= 0.6 is 0 Å². The van der Waals surface area contributed by atoms with E-state index in [2.05, 4.69) is 43.9 Å². The normalized spacial score (nSPS) is 15.6. The highest BCUT2D eigenvalue weighted by molar-refractivity contribution is 6.63. The maximum atomic E-state index is 5.82. The molecule has 21 heavy (non-hydrogen) atoms. The summed E-state index contributed by atoms with van der Waals surface area (Å²) >= 11 is 0. The van der Waals surface area contributed by atoms with Gasteiger partial charge in [0.1, 0.15) is 13.7 Å². The Morgan fingerprint density at radius 1 is 1.05 bits per heavy atom. The third-order valence-corrected chi connectivity index (χ3v) is 3.86. The van der Waals surface area contributed by atoms with Crippen molar-refractivity contribution in [1.82, 2.24) is 0 Å². The van der Waals surface area contributed by atoms with Crippen LogP contribution in [0.3, 0.4) is 0 Å². The van der Waals surface area contributed by atoms with Crippen molar-refractivity contribution in [2.24, 2.45) is 15.4 Å². The molecule has 0 aliphatic carbocycles. The zero-order valence-electron chi connectivity index (χ0n) is 14.2. The van der Waals surface area contributed by atoms with Crippen molar-refractivity contribution < 1.29 is 0 Å². The Kier molecular flexibility index (Phi) is 10.9. The van der Waals surface area contributed by atoms with Gasteiger partial charge in [-0.05, 0) is 18.5 Å². The third-order valence-electron chi connectivity index (χ3n) is 3.86. The van der Waals surface area contributed by atoms with Gasteiger partial charge in [0, 0.05) is 11.6 Å². The number of unbranched alkanes of at least 4 members (excludes halogenated alkanes) is 4. The first-order valence-electron chi connectivity index (χ1n) is 8.19. The zero-order valence-corrected chi connectivity index (χ0v) is 14.2. The van der Waals surface area contributed by atoms with Crippen molar-refractivity contribution in [1.29, 1.82) is 0 Å². The fourth-order valence-electron chi connectivity index (χ4n) is 2.43. The van der Waals surface area contributed by atoms with Gasteiger partial charge in [-0.3, -0.25) is 0 Å². The molecule has 0 amide bonds. The van der Waals surface area contributed by atoms with Crippen LogP contribution in [0, 0.1) is 5.41 Å². The lowest BCUT2D eigenvalue weighted by molar-refractivity contribution is 0.360. The molecule has 0 aromatic carbocycles. The lowest BCUT2D eigenvalue weighted by Crippen LogP contribution is -2.27. The molecule has 2 radical (unpaired) electrons. The highest BCUT2D eigenvalue weighted by atomic mass is 14.9. The highest BCUT2D eigenvalue weighted by Crippen LogP contribution is 2.33. The minimum absolute atomic E-state index is 0.0361. The van der Waals surface area contributed by atoms with Gasteiger partial charge in [-0.2, -0.15) is 0 Å². The van der Waals surface area contributed by atoms with Crippen molar-refractivity contribution in [2.75, 3.05) is 0 Å². The summed E-state index contributed by atoms with van der Waals surface area (Å²) in [5, 5.41) is 0. The summed E-state index contributed by atoms with van der Waals surface area (Å²) in [5.74, 6) is 0.792. The van der Waals surface area contributed by atoms with E-state index < -0.39 is 0 Å². The molecule has 0 bridgehead atoms. The molecule has 0 spiro atoms. The Bertz CT molecular complexity index is 371. The molecule has 0 aromatic rings. The van der Waals surface area contributed by atoms with Gasteiger partial charge in [0.2, 0.25) is 0 Å². The molecule has 0 aromatic heterocycles. The molecule has 3 heteroatoms. The highest BCUT2D eigenvalue weighted by Gasteiger charge is 2.29. The van der Waals surface area contributed by atoms with E-state index in [1.54, 1.807) is 12.3 Å². The smallest absolute Gasteiger partial charge is 0.141 e. The number of rotatable bonds is 11. The van der Waals surface area contributed by atoms with Crippen molar-refractivity contribution in [2.45, 2.75) is 72.1 Å². The van der Waals surface area contributed by atoms with Crippen LogP contribution in [0.25, 0.3) is 0 Å². The zero-order chi connectivity index (χ0) is 16.1. The van der Waals surface area contributed by atoms with Crippen LogP contribution in [0.4, 0.5) is 0 Å². The van der Waals surface area contributed by atoms with E-state index in [-0.39, 0.29) is 5.41 Å². The largest absolute Gasteiger partial charge is 0.249 e. The summed E-state index contributed by atoms with van der Waals surface area (Å²) in [6, 6.07) is 0. The average Bonchev–Trinajstić information content (AvgIpc) is 2.49. The summed E-state index contributed by atoms with van der Waals surface area (Å²) in [5.41, 5.74) is 0.387. The average molecular weight is 286 g/mol. The summed E-state index contributed by atoms with van der Waals surface area (Å²) in [7, 11) is 5.82. The van der Waals surface area contributed by atoms with E-state index >= 15 is 0 Å². The molecule has 0 fully saturated rings. The third kappa shape index (κ3) is 8.04. The summed E-state index contributed by atoms with van der Waals surface area (Å²) in [6.45, 7) is 14.1. The lowest BCUT2D eigenvalue weighted by atomic mass is 9.78. The molecule has 0 rings (SSSR count). The molecule has 0 heterocycles. The van der Waals surface area contributed by atoms with Gasteiger partial charge in [-0.25, -0.2) is 9.98 Å². The van der Waals surface area contributed by atoms with E-state index in [1.165, 1.54) is 38.5 Å². The SMILES string of the molecule is [B]C(C=C)=NC(=NC=C)C(C)(CCCC)CCCCCC. The van der Waals surface area contributed by atoms with Gasteiger partial charge in [0.15, 0.2) is 0 Å². The second-order valence-corrected chi connectivity index (χ2v) is 5.85. The first kappa shape index (κ1) is 19.9. The second-order valence-electron chi connectivity index (χ2n) is 5.85. The Morgan fingerprint density at radius 2 is 1.67 bits per heavy atom. The Morgan fingerprint density at radius 3 is 2.19 bits per heavy atom. The minimum Gasteiger partial charge on any atom is -0.249 e. The van der Waals surface area contributed by atoms with Crippen LogP contribution in [-0.4, -0.2) is 19.3 Å². The first-order chi connectivity index (χ1) is 10.0. The van der Waals surface area contributed by atoms with Crippen LogP contribution < -0.4 is 0 Å². The molecule has 0 aliphatic rings. The van der Waals surface area contributed by atoms with Crippen molar-refractivity contribution in [3.63, 3.8) is 0 Å². The Balaban J connectivity index is 5.15. The summed E-state index contributed by atoms with van der Waals surface area (Å²) < 4.78 is 0. The fraction of sp³-hybridized carbons (Fsp3) is 0.667. The number of hydrogen-bond acceptors (Lipinski definition) is 1. The van der Waals surface area contributed by atoms with Gasteiger partial charge >= 0.3 is 0 Å². The van der Waals surface area contributed by atoms with Crippen molar-refractivity contribution in [3.05, 3.63) is 25.4 Å². The predicted octanol–water partition coefficient (Wildman–Crippen LogP) is 5.45. The molecule has 0 saturated carbocycles. The van der Waals surface area contributed by atoms with Crippen LogP contribution in [0.5, 0.6) is 0 Å². The van der Waals surface area contributed by atoms with Gasteiger partial charge < -0.3 is 0 Å². The van der Waals surface area contributed by atoms with Gasteiger partial charge in [-0.15, -0.1) is 0 Å². The number of allylic oxidation sites excluding steroid dienone is 1. The van der Waals surface area contributed by atoms with E-state index in [4.69, 9.17) is 7.85 Å². The molecular formula is C18H31BN2. The molecule has 1 unspecified atom stereocenters. The maximum Gasteiger partial charge on any atom is 0.141 e. The van der Waals surface area contributed by atoms with E-state index in [0.29, 0.717) is 5.61 Å². The standard InChI is InChI=1S/C18H31BN2/c1-6-10-12-13-15-18(5,14-11-7-2)17(20-9-4)21-16(19)8-3/h8-9H,3-4,6-7,10-15H2,1-2,5H3. The Hall–Kier alpha value is -1.12. The molecule has 116 valence electrons. The second kappa shape index (κ2) is 11.5. The topological polar surface area (TPSA) is 24.7 Å². The fourth-order valence-corrected chi connectivity index (χ4v) is 2.43. The van der Waals surface area contributed by atoms with Crippen LogP contribution in [0.15, 0.2) is 35.4 Å². The predicted molar refractivity (Wildman–Crippen MR) is 97.4 cm³/mol. The lowest BCUT2D eigenvalue weighted by Gasteiger charge is -2.29. The Labute approximate surface area is 133 Å². The van der Waals surface area contributed by atoms with Crippen molar-refractivity contribution in [3.8, 4) is 0 Å². The van der Waals surface area contributed by atoms with Gasteiger partial charge in [0.05, 0.1) is 0 Å². The maximum absolute atomic E-state index is 5.82. The minimum atomic E-state index is -0.0361. The number of nitrogens with zero attached hydrogens (tertiary/aromatic N) is 2. The molecular weight excluding hydrogens is 255 g/mol. The quantitative estimate of drug-likeness (QED) is 0.209.